The topological polar surface area (TPSA) is 62.2 Å². The average molecular weight is 262 g/mol. The van der Waals surface area contributed by atoms with Crippen molar-refractivity contribution in [2.45, 2.75) is 45.1 Å². The van der Waals surface area contributed by atoms with Crippen LogP contribution >= 0.6 is 0 Å². The van der Waals surface area contributed by atoms with Crippen molar-refractivity contribution in [3.05, 3.63) is 29.6 Å². The van der Waals surface area contributed by atoms with Crippen LogP contribution in [-0.2, 0) is 6.54 Å². The molecule has 1 saturated carbocycles. The third-order valence-corrected chi connectivity index (χ3v) is 3.77. The minimum absolute atomic E-state index is 0.116. The Bertz CT molecular complexity index is 414. The fourth-order valence-corrected chi connectivity index (χ4v) is 2.73. The number of nitrogens with one attached hydrogen (secondary N) is 1. The van der Waals surface area contributed by atoms with Crippen LogP contribution in [0.4, 0.5) is 0 Å². The number of hydrogen-bond donors (Lipinski definition) is 2. The Kier molecular flexibility index (Phi) is 5.33. The van der Waals surface area contributed by atoms with Gasteiger partial charge in [0.05, 0.1) is 5.69 Å². The first-order chi connectivity index (χ1) is 9.25. The van der Waals surface area contributed by atoms with E-state index in [-0.39, 0.29) is 5.69 Å². The van der Waals surface area contributed by atoms with Crippen molar-refractivity contribution in [1.29, 1.82) is 0 Å². The van der Waals surface area contributed by atoms with E-state index in [2.05, 4.69) is 10.3 Å². The van der Waals surface area contributed by atoms with Crippen LogP contribution < -0.4 is 5.32 Å². The first-order valence-electron chi connectivity index (χ1n) is 7.15. The highest BCUT2D eigenvalue weighted by atomic mass is 16.4. The molecule has 0 saturated heterocycles. The fourth-order valence-electron chi connectivity index (χ4n) is 2.73. The molecule has 0 radical (unpaired) electrons. The number of carboxylic acids is 1. The number of rotatable bonds is 7. The number of aromatic carboxylic acids is 1. The normalized spacial score (nSPS) is 15.8. The molecular weight excluding hydrogens is 240 g/mol. The average Bonchev–Trinajstić information content (AvgIpc) is 2.92. The van der Waals surface area contributed by atoms with E-state index in [1.54, 1.807) is 6.07 Å². The molecule has 0 unspecified atom stereocenters. The van der Waals surface area contributed by atoms with Gasteiger partial charge in [-0.1, -0.05) is 31.7 Å². The molecule has 0 atom stereocenters. The third-order valence-electron chi connectivity index (χ3n) is 3.77. The van der Waals surface area contributed by atoms with E-state index in [1.165, 1.54) is 44.6 Å². The summed E-state index contributed by atoms with van der Waals surface area (Å²) in [5.74, 6) is -0.0293. The van der Waals surface area contributed by atoms with Gasteiger partial charge in [0.1, 0.15) is 5.69 Å². The lowest BCUT2D eigenvalue weighted by Crippen LogP contribution is -2.17. The molecule has 1 aliphatic rings. The molecule has 0 aliphatic heterocycles. The zero-order chi connectivity index (χ0) is 13.5. The lowest BCUT2D eigenvalue weighted by atomic mass is 10.0. The number of aromatic nitrogens is 1. The smallest absolute Gasteiger partial charge is 0.354 e. The number of pyridine rings is 1. The molecule has 1 fully saturated rings. The maximum Gasteiger partial charge on any atom is 0.354 e. The highest BCUT2D eigenvalue weighted by molar-refractivity contribution is 5.85. The van der Waals surface area contributed by atoms with Crippen molar-refractivity contribution < 1.29 is 9.90 Å². The molecule has 0 bridgehead atoms. The van der Waals surface area contributed by atoms with Gasteiger partial charge in [0.2, 0.25) is 0 Å². The molecule has 104 valence electrons. The van der Waals surface area contributed by atoms with Crippen LogP contribution in [0.3, 0.4) is 0 Å². The van der Waals surface area contributed by atoms with Gasteiger partial charge in [-0.05, 0) is 37.4 Å². The summed E-state index contributed by atoms with van der Waals surface area (Å²) < 4.78 is 0. The van der Waals surface area contributed by atoms with E-state index >= 15 is 0 Å². The van der Waals surface area contributed by atoms with Gasteiger partial charge in [-0.25, -0.2) is 9.78 Å². The molecule has 2 N–H and O–H groups in total. The Morgan fingerprint density at radius 1 is 1.37 bits per heavy atom. The molecule has 0 amide bonds. The summed E-state index contributed by atoms with van der Waals surface area (Å²) in [5, 5.41) is 12.2. The Morgan fingerprint density at radius 2 is 2.16 bits per heavy atom. The van der Waals surface area contributed by atoms with Crippen LogP contribution in [0.25, 0.3) is 0 Å². The van der Waals surface area contributed by atoms with Crippen molar-refractivity contribution in [2.75, 3.05) is 6.54 Å². The predicted octanol–water partition coefficient (Wildman–Crippen LogP) is 2.84. The summed E-state index contributed by atoms with van der Waals surface area (Å²) in [5.41, 5.74) is 0.908. The Labute approximate surface area is 114 Å². The fraction of sp³-hybridized carbons (Fsp3) is 0.600. The van der Waals surface area contributed by atoms with Gasteiger partial charge in [-0.3, -0.25) is 0 Å². The minimum Gasteiger partial charge on any atom is -0.477 e. The standard InChI is InChI=1S/C15H22N2O2/c18-15(19)14-9-3-8-13(17-14)11-16-10-4-7-12-5-1-2-6-12/h3,8-9,12,16H,1-2,4-7,10-11H2,(H,18,19). The molecule has 1 heterocycles. The lowest BCUT2D eigenvalue weighted by molar-refractivity contribution is 0.0690. The van der Waals surface area contributed by atoms with E-state index < -0.39 is 5.97 Å². The van der Waals surface area contributed by atoms with Crippen LogP contribution in [0.5, 0.6) is 0 Å². The van der Waals surface area contributed by atoms with Crippen molar-refractivity contribution in [2.24, 2.45) is 5.92 Å². The maximum atomic E-state index is 10.8. The van der Waals surface area contributed by atoms with Crippen LogP contribution in [0.15, 0.2) is 18.2 Å². The van der Waals surface area contributed by atoms with Gasteiger partial charge in [-0.2, -0.15) is 0 Å². The molecule has 1 aromatic rings. The predicted molar refractivity (Wildman–Crippen MR) is 74.1 cm³/mol. The van der Waals surface area contributed by atoms with E-state index in [4.69, 9.17) is 5.11 Å². The highest BCUT2D eigenvalue weighted by Crippen LogP contribution is 2.28. The third kappa shape index (κ3) is 4.63. The molecule has 1 aliphatic carbocycles. The molecule has 0 spiro atoms. The Balaban J connectivity index is 1.64. The van der Waals surface area contributed by atoms with Gasteiger partial charge in [0, 0.05) is 6.54 Å². The summed E-state index contributed by atoms with van der Waals surface area (Å²) in [6.45, 7) is 1.63. The second-order valence-corrected chi connectivity index (χ2v) is 5.29. The lowest BCUT2D eigenvalue weighted by Gasteiger charge is -2.09. The van der Waals surface area contributed by atoms with Gasteiger partial charge in [-0.15, -0.1) is 0 Å². The largest absolute Gasteiger partial charge is 0.477 e. The van der Waals surface area contributed by atoms with Crippen molar-refractivity contribution in [1.82, 2.24) is 10.3 Å². The number of carboxylic acid groups (broad SMARTS) is 1. The molecule has 19 heavy (non-hydrogen) atoms. The number of carbonyl (C=O) groups is 1. The van der Waals surface area contributed by atoms with Gasteiger partial charge < -0.3 is 10.4 Å². The summed E-state index contributed by atoms with van der Waals surface area (Å²) in [4.78, 5) is 14.9. The summed E-state index contributed by atoms with van der Waals surface area (Å²) in [6.07, 6.45) is 8.14. The zero-order valence-corrected chi connectivity index (χ0v) is 11.3. The van der Waals surface area contributed by atoms with Gasteiger partial charge >= 0.3 is 5.97 Å². The summed E-state index contributed by atoms with van der Waals surface area (Å²) in [7, 11) is 0. The summed E-state index contributed by atoms with van der Waals surface area (Å²) >= 11 is 0. The second-order valence-electron chi connectivity index (χ2n) is 5.29. The van der Waals surface area contributed by atoms with Crippen LogP contribution in [0.2, 0.25) is 0 Å². The van der Waals surface area contributed by atoms with Crippen LogP contribution in [0, 0.1) is 5.92 Å². The van der Waals surface area contributed by atoms with E-state index in [1.807, 2.05) is 6.07 Å². The monoisotopic (exact) mass is 262 g/mol. The van der Waals surface area contributed by atoms with Crippen molar-refractivity contribution in [3.8, 4) is 0 Å². The van der Waals surface area contributed by atoms with E-state index in [0.717, 1.165) is 18.2 Å². The first-order valence-corrected chi connectivity index (χ1v) is 7.15. The van der Waals surface area contributed by atoms with Crippen LogP contribution in [-0.4, -0.2) is 22.6 Å². The first kappa shape index (κ1) is 14.0. The van der Waals surface area contributed by atoms with Gasteiger partial charge in [0.25, 0.3) is 0 Å². The number of nitrogens with zero attached hydrogens (tertiary/aromatic N) is 1. The molecular formula is C15H22N2O2. The molecule has 2 rings (SSSR count). The molecule has 0 aromatic carbocycles. The quantitative estimate of drug-likeness (QED) is 0.742. The van der Waals surface area contributed by atoms with E-state index in [0.29, 0.717) is 6.54 Å². The number of hydrogen-bond acceptors (Lipinski definition) is 3. The second kappa shape index (κ2) is 7.24. The highest BCUT2D eigenvalue weighted by Gasteiger charge is 2.13. The minimum atomic E-state index is -0.969. The van der Waals surface area contributed by atoms with Gasteiger partial charge in [0.15, 0.2) is 0 Å². The molecule has 4 heteroatoms. The molecule has 4 nitrogen and oxygen atoms in total. The van der Waals surface area contributed by atoms with Crippen molar-refractivity contribution in [3.63, 3.8) is 0 Å². The zero-order valence-electron chi connectivity index (χ0n) is 11.3. The summed E-state index contributed by atoms with van der Waals surface area (Å²) in [6, 6.07) is 5.12. The maximum absolute atomic E-state index is 10.8. The van der Waals surface area contributed by atoms with Crippen molar-refractivity contribution >= 4 is 5.97 Å². The SMILES string of the molecule is O=C(O)c1cccc(CNCCCC2CCCC2)n1. The van der Waals surface area contributed by atoms with E-state index in [9.17, 15) is 4.79 Å². The van der Waals surface area contributed by atoms with Crippen LogP contribution in [0.1, 0.15) is 54.7 Å². The Morgan fingerprint density at radius 3 is 2.89 bits per heavy atom. The Hall–Kier alpha value is -1.42. The molecule has 1 aromatic heterocycles.